The van der Waals surface area contributed by atoms with E-state index in [0.717, 1.165) is 12.1 Å². The Morgan fingerprint density at radius 3 is 1.92 bits per heavy atom. The summed E-state index contributed by atoms with van der Waals surface area (Å²) in [7, 11) is -0.0555. The first-order valence-corrected chi connectivity index (χ1v) is 13.6. The Morgan fingerprint density at radius 2 is 1.50 bits per heavy atom. The van der Waals surface area contributed by atoms with Gasteiger partial charge >= 0.3 is 8.80 Å². The van der Waals surface area contributed by atoms with Crippen LogP contribution < -0.4 is 0 Å². The van der Waals surface area contributed by atoms with E-state index >= 15 is 0 Å². The minimum absolute atomic E-state index is 0.0982. The summed E-state index contributed by atoms with van der Waals surface area (Å²) < 4.78 is 22.6. The number of hydrogen-bond donors (Lipinski definition) is 0. The molecule has 0 aromatic carbocycles. The normalized spacial score (nSPS) is 18.4. The van der Waals surface area contributed by atoms with Crippen LogP contribution >= 0.6 is 0 Å². The molecule has 0 aliphatic heterocycles. The van der Waals surface area contributed by atoms with Crippen molar-refractivity contribution in [1.82, 2.24) is 0 Å². The topological polar surface area (TPSA) is 54.0 Å². The Kier molecular flexibility index (Phi) is 9.15. The standard InChI is InChI=1S/C17H36O5Si2/c1-7-23(8-2,16-12-10-9-11-13-16)22-17(18)15(3)14-24(19-4,20-5)21-6/h15-16H,7-14H2,1-6H3. The zero-order valence-electron chi connectivity index (χ0n) is 16.4. The van der Waals surface area contributed by atoms with Gasteiger partial charge in [0.2, 0.25) is 0 Å². The zero-order chi connectivity index (χ0) is 18.2. The maximum absolute atomic E-state index is 12.8. The van der Waals surface area contributed by atoms with Gasteiger partial charge in [0.25, 0.3) is 14.3 Å². The summed E-state index contributed by atoms with van der Waals surface area (Å²) in [5, 5.41) is 0. The molecule has 7 heteroatoms. The number of hydrogen-bond acceptors (Lipinski definition) is 5. The van der Waals surface area contributed by atoms with Crippen LogP contribution in [0.4, 0.5) is 0 Å². The van der Waals surface area contributed by atoms with Crippen LogP contribution in [0.1, 0.15) is 52.9 Å². The molecule has 1 unspecified atom stereocenters. The predicted molar refractivity (Wildman–Crippen MR) is 100 cm³/mol. The molecule has 0 radical (unpaired) electrons. The molecular formula is C17H36O5Si2. The molecule has 5 nitrogen and oxygen atoms in total. The zero-order valence-corrected chi connectivity index (χ0v) is 18.4. The number of carbonyl (C=O) groups excluding carboxylic acids is 1. The Labute approximate surface area is 149 Å². The Bertz CT molecular complexity index is 369. The molecule has 1 aliphatic rings. The third-order valence-corrected chi connectivity index (χ3v) is 13.8. The molecular weight excluding hydrogens is 340 g/mol. The van der Waals surface area contributed by atoms with Crippen molar-refractivity contribution in [3.63, 3.8) is 0 Å². The molecule has 0 aromatic heterocycles. The fourth-order valence-corrected chi connectivity index (χ4v) is 10.0. The second kappa shape index (κ2) is 10.1. The Hall–Kier alpha value is -0.216. The Balaban J connectivity index is 2.80. The summed E-state index contributed by atoms with van der Waals surface area (Å²) in [6.07, 6.45) is 6.33. The fraction of sp³-hybridized carbons (Fsp3) is 0.941. The highest BCUT2D eigenvalue weighted by atomic mass is 28.4. The molecule has 0 heterocycles. The van der Waals surface area contributed by atoms with Crippen molar-refractivity contribution in [3.05, 3.63) is 0 Å². The van der Waals surface area contributed by atoms with Gasteiger partial charge in [-0.1, -0.05) is 40.0 Å². The van der Waals surface area contributed by atoms with E-state index in [2.05, 4.69) is 13.8 Å². The molecule has 1 rings (SSSR count). The average Bonchev–Trinajstić information content (AvgIpc) is 2.64. The highest BCUT2D eigenvalue weighted by Crippen LogP contribution is 2.42. The van der Waals surface area contributed by atoms with E-state index in [1.807, 2.05) is 6.92 Å². The first-order valence-electron chi connectivity index (χ1n) is 9.30. The van der Waals surface area contributed by atoms with E-state index < -0.39 is 17.1 Å². The summed E-state index contributed by atoms with van der Waals surface area (Å²) in [4.78, 5) is 12.8. The van der Waals surface area contributed by atoms with Gasteiger partial charge in [-0.25, -0.2) is 0 Å². The minimum atomic E-state index is -2.76. The highest BCUT2D eigenvalue weighted by molar-refractivity contribution is 6.76. The molecule has 0 N–H and O–H groups in total. The molecule has 1 fully saturated rings. The van der Waals surface area contributed by atoms with Gasteiger partial charge in [0.1, 0.15) is 0 Å². The van der Waals surface area contributed by atoms with Gasteiger partial charge in [-0.2, -0.15) is 0 Å². The number of rotatable bonds is 10. The average molecular weight is 377 g/mol. The van der Waals surface area contributed by atoms with Crippen molar-refractivity contribution in [2.75, 3.05) is 21.3 Å². The van der Waals surface area contributed by atoms with E-state index in [4.69, 9.17) is 17.7 Å². The number of carbonyl (C=O) groups is 1. The second-order valence-electron chi connectivity index (χ2n) is 6.93. The van der Waals surface area contributed by atoms with Gasteiger partial charge in [0, 0.05) is 27.4 Å². The van der Waals surface area contributed by atoms with Crippen LogP contribution in [0.25, 0.3) is 0 Å². The molecule has 0 aromatic rings. The summed E-state index contributed by atoms with van der Waals surface area (Å²) >= 11 is 0. The van der Waals surface area contributed by atoms with Crippen molar-refractivity contribution in [1.29, 1.82) is 0 Å². The molecule has 0 bridgehead atoms. The monoisotopic (exact) mass is 376 g/mol. The van der Waals surface area contributed by atoms with Crippen molar-refractivity contribution < 1.29 is 22.5 Å². The molecule has 1 saturated carbocycles. The van der Waals surface area contributed by atoms with Crippen LogP contribution in [0, 0.1) is 5.92 Å². The summed E-state index contributed by atoms with van der Waals surface area (Å²) in [6.45, 7) is 6.29. The third kappa shape index (κ3) is 5.14. The highest BCUT2D eigenvalue weighted by Gasteiger charge is 2.46. The van der Waals surface area contributed by atoms with E-state index in [-0.39, 0.29) is 11.9 Å². The SMILES string of the molecule is CC[Si](CC)(OC(=O)C(C)C[Si](OC)(OC)OC)C1CCCCC1. The van der Waals surface area contributed by atoms with E-state index in [9.17, 15) is 4.79 Å². The lowest BCUT2D eigenvalue weighted by atomic mass is 10.0. The van der Waals surface area contributed by atoms with Gasteiger partial charge < -0.3 is 17.7 Å². The molecule has 1 atom stereocenters. The molecule has 142 valence electrons. The molecule has 0 spiro atoms. The van der Waals surface area contributed by atoms with Crippen molar-refractivity contribution in [2.24, 2.45) is 5.92 Å². The van der Waals surface area contributed by atoms with Gasteiger partial charge in [-0.05, 0) is 30.5 Å². The first kappa shape index (κ1) is 21.8. The van der Waals surface area contributed by atoms with Crippen molar-refractivity contribution in [2.45, 2.75) is 76.5 Å². The van der Waals surface area contributed by atoms with Crippen molar-refractivity contribution in [3.8, 4) is 0 Å². The lowest BCUT2D eigenvalue weighted by Crippen LogP contribution is -2.48. The van der Waals surface area contributed by atoms with E-state index in [0.29, 0.717) is 11.6 Å². The van der Waals surface area contributed by atoms with E-state index in [1.165, 1.54) is 32.1 Å². The second-order valence-corrected chi connectivity index (χ2v) is 14.5. The minimum Gasteiger partial charge on any atom is -0.519 e. The first-order chi connectivity index (χ1) is 11.4. The van der Waals surface area contributed by atoms with Crippen LogP contribution in [0.5, 0.6) is 0 Å². The summed E-state index contributed by atoms with van der Waals surface area (Å²) in [5.74, 6) is -0.371. The maximum Gasteiger partial charge on any atom is 0.501 e. The molecule has 1 aliphatic carbocycles. The van der Waals surface area contributed by atoms with Gasteiger partial charge in [0.15, 0.2) is 0 Å². The van der Waals surface area contributed by atoms with Gasteiger partial charge in [-0.3, -0.25) is 4.79 Å². The fourth-order valence-electron chi connectivity index (χ4n) is 3.94. The smallest absolute Gasteiger partial charge is 0.501 e. The van der Waals surface area contributed by atoms with Crippen LogP contribution in [0.2, 0.25) is 23.7 Å². The van der Waals surface area contributed by atoms with Crippen LogP contribution in [0.15, 0.2) is 0 Å². The lowest BCUT2D eigenvalue weighted by Gasteiger charge is -2.39. The lowest BCUT2D eigenvalue weighted by molar-refractivity contribution is -0.139. The molecule has 24 heavy (non-hydrogen) atoms. The van der Waals surface area contributed by atoms with Crippen LogP contribution in [-0.4, -0.2) is 44.4 Å². The predicted octanol–water partition coefficient (Wildman–Crippen LogP) is 4.36. The van der Waals surface area contributed by atoms with E-state index in [1.54, 1.807) is 21.3 Å². The Morgan fingerprint density at radius 1 is 1.00 bits per heavy atom. The summed E-state index contributed by atoms with van der Waals surface area (Å²) in [6, 6.07) is 2.47. The summed E-state index contributed by atoms with van der Waals surface area (Å²) in [5.41, 5.74) is 0.617. The van der Waals surface area contributed by atoms with Gasteiger partial charge in [-0.15, -0.1) is 0 Å². The molecule has 0 amide bonds. The van der Waals surface area contributed by atoms with Gasteiger partial charge in [0.05, 0.1) is 5.92 Å². The van der Waals surface area contributed by atoms with Crippen molar-refractivity contribution >= 4 is 23.1 Å². The van der Waals surface area contributed by atoms with Crippen LogP contribution in [0.3, 0.4) is 0 Å². The largest absolute Gasteiger partial charge is 0.519 e. The molecule has 0 saturated heterocycles. The van der Waals surface area contributed by atoms with Crippen LogP contribution in [-0.2, 0) is 22.5 Å². The maximum atomic E-state index is 12.8. The quantitative estimate of drug-likeness (QED) is 0.530. The third-order valence-electron chi connectivity index (χ3n) is 5.74.